The van der Waals surface area contributed by atoms with Crippen molar-refractivity contribution in [1.29, 1.82) is 0 Å². The molecule has 6 atom stereocenters. The number of amides is 1. The molecule has 4 bridgehead atoms. The summed E-state index contributed by atoms with van der Waals surface area (Å²) in [7, 11) is 0. The standard InChI is InChI=1S/C26H28N2O4/c1-14(19-13-27-20-5-2-4-18(25(19)20)22-6-3-7-32-22)8-23(29)28-17-10-15-9-16(12-17)24(26(30)31)21(28)11-15/h2-7,13-17,21,24,27H,8-12H2,1H3,(H,30,31). The number of hydrogen-bond acceptors (Lipinski definition) is 3. The molecule has 2 aliphatic heterocycles. The minimum absolute atomic E-state index is 0.00725. The monoisotopic (exact) mass is 432 g/mol. The number of carboxylic acids is 1. The Morgan fingerprint density at radius 3 is 2.84 bits per heavy atom. The fourth-order valence-electron chi connectivity index (χ4n) is 6.99. The summed E-state index contributed by atoms with van der Waals surface area (Å²) >= 11 is 0. The van der Waals surface area contributed by atoms with Gasteiger partial charge in [0, 0.05) is 41.2 Å². The van der Waals surface area contributed by atoms with Crippen molar-refractivity contribution < 1.29 is 19.1 Å². The van der Waals surface area contributed by atoms with E-state index in [1.807, 2.05) is 41.4 Å². The zero-order valence-electron chi connectivity index (χ0n) is 18.2. The highest BCUT2D eigenvalue weighted by Gasteiger charge is 2.56. The summed E-state index contributed by atoms with van der Waals surface area (Å²) in [5, 5.41) is 11.0. The molecule has 0 spiro atoms. The van der Waals surface area contributed by atoms with E-state index in [1.165, 1.54) is 0 Å². The molecular weight excluding hydrogens is 404 g/mol. The van der Waals surface area contributed by atoms with Crippen LogP contribution in [0.5, 0.6) is 0 Å². The molecule has 6 heteroatoms. The molecule has 6 unspecified atom stereocenters. The highest BCUT2D eigenvalue weighted by molar-refractivity contribution is 5.97. The van der Waals surface area contributed by atoms with Crippen LogP contribution in [0, 0.1) is 17.8 Å². The van der Waals surface area contributed by atoms with Gasteiger partial charge in [-0.05, 0) is 67.2 Å². The maximum atomic E-state index is 13.6. The van der Waals surface area contributed by atoms with Crippen LogP contribution in [-0.4, -0.2) is 39.0 Å². The lowest BCUT2D eigenvalue weighted by molar-refractivity contribution is -0.171. The van der Waals surface area contributed by atoms with Crippen LogP contribution in [0.2, 0.25) is 0 Å². The highest BCUT2D eigenvalue weighted by atomic mass is 16.4. The molecule has 2 aliphatic carbocycles. The van der Waals surface area contributed by atoms with Gasteiger partial charge in [-0.25, -0.2) is 0 Å². The number of nitrogens with zero attached hydrogens (tertiary/aromatic N) is 1. The molecule has 4 aliphatic rings. The van der Waals surface area contributed by atoms with E-state index >= 15 is 0 Å². The van der Waals surface area contributed by atoms with Crippen molar-refractivity contribution in [2.45, 2.75) is 57.0 Å². The first-order valence-electron chi connectivity index (χ1n) is 11.7. The molecule has 2 N–H and O–H groups in total. The second-order valence-electron chi connectivity index (χ2n) is 10.0. The second-order valence-corrected chi connectivity index (χ2v) is 10.0. The Bertz CT molecular complexity index is 1180. The van der Waals surface area contributed by atoms with Crippen molar-refractivity contribution in [2.24, 2.45) is 17.8 Å². The van der Waals surface area contributed by atoms with E-state index in [-0.39, 0.29) is 29.8 Å². The second kappa shape index (κ2) is 7.26. The topological polar surface area (TPSA) is 86.5 Å². The number of H-pyrrole nitrogens is 1. The van der Waals surface area contributed by atoms with E-state index in [9.17, 15) is 14.7 Å². The van der Waals surface area contributed by atoms with Crippen LogP contribution in [0.4, 0.5) is 0 Å². The summed E-state index contributed by atoms with van der Waals surface area (Å²) in [5.74, 6) is 0.607. The fraction of sp³-hybridized carbons (Fsp3) is 0.462. The molecule has 2 saturated carbocycles. The number of benzene rings is 1. The van der Waals surface area contributed by atoms with Crippen LogP contribution in [0.1, 0.15) is 50.5 Å². The summed E-state index contributed by atoms with van der Waals surface area (Å²) in [4.78, 5) is 30.9. The number of nitrogens with one attached hydrogen (secondary N) is 1. The Labute approximate surface area is 186 Å². The Morgan fingerprint density at radius 1 is 1.19 bits per heavy atom. The van der Waals surface area contributed by atoms with Crippen LogP contribution >= 0.6 is 0 Å². The quantitative estimate of drug-likeness (QED) is 0.593. The number of rotatable bonds is 5. The van der Waals surface area contributed by atoms with Crippen LogP contribution in [0.25, 0.3) is 22.2 Å². The molecule has 4 fully saturated rings. The van der Waals surface area contributed by atoms with Crippen molar-refractivity contribution in [3.05, 3.63) is 48.4 Å². The molecule has 1 aromatic carbocycles. The van der Waals surface area contributed by atoms with Gasteiger partial charge in [0.25, 0.3) is 0 Å². The van der Waals surface area contributed by atoms with Crippen molar-refractivity contribution in [3.63, 3.8) is 0 Å². The SMILES string of the molecule is CC(CC(=O)N1C2CC3CC(C2)C(C(=O)O)C1C3)c1c[nH]c2cccc(-c3ccco3)c12. The summed E-state index contributed by atoms with van der Waals surface area (Å²) in [6.45, 7) is 2.09. The van der Waals surface area contributed by atoms with E-state index < -0.39 is 11.9 Å². The van der Waals surface area contributed by atoms with Crippen molar-refractivity contribution >= 4 is 22.8 Å². The molecule has 7 rings (SSSR count). The van der Waals surface area contributed by atoms with Gasteiger partial charge in [0.05, 0.1) is 12.2 Å². The minimum Gasteiger partial charge on any atom is -0.481 e. The number of carbonyl (C=O) groups is 2. The number of furan rings is 1. The molecule has 166 valence electrons. The summed E-state index contributed by atoms with van der Waals surface area (Å²) < 4.78 is 5.66. The summed E-state index contributed by atoms with van der Waals surface area (Å²) in [6, 6.07) is 10.0. The molecule has 0 radical (unpaired) electrons. The maximum Gasteiger partial charge on any atom is 0.308 e. The predicted octanol–water partition coefficient (Wildman–Crippen LogP) is 5.02. The van der Waals surface area contributed by atoms with Gasteiger partial charge in [-0.15, -0.1) is 0 Å². The summed E-state index contributed by atoms with van der Waals surface area (Å²) in [6.07, 6.45) is 7.81. The predicted molar refractivity (Wildman–Crippen MR) is 120 cm³/mol. The molecule has 2 saturated heterocycles. The Morgan fingerprint density at radius 2 is 2.06 bits per heavy atom. The van der Waals surface area contributed by atoms with Gasteiger partial charge >= 0.3 is 5.97 Å². The normalized spacial score (nSPS) is 29.5. The van der Waals surface area contributed by atoms with Gasteiger partial charge in [-0.2, -0.15) is 0 Å². The number of piperidine rings is 2. The number of carbonyl (C=O) groups excluding carboxylic acids is 1. The lowest BCUT2D eigenvalue weighted by Crippen LogP contribution is -2.65. The Kier molecular flexibility index (Phi) is 4.46. The number of aromatic nitrogens is 1. The average molecular weight is 433 g/mol. The molecule has 2 aromatic heterocycles. The number of hydrogen-bond donors (Lipinski definition) is 2. The zero-order chi connectivity index (χ0) is 22.0. The summed E-state index contributed by atoms with van der Waals surface area (Å²) in [5.41, 5.74) is 3.14. The third-order valence-corrected chi connectivity index (χ3v) is 8.17. The number of carboxylic acid groups (broad SMARTS) is 1. The molecule has 6 nitrogen and oxygen atoms in total. The van der Waals surface area contributed by atoms with Crippen LogP contribution < -0.4 is 0 Å². The van der Waals surface area contributed by atoms with E-state index in [0.29, 0.717) is 12.3 Å². The van der Waals surface area contributed by atoms with E-state index in [2.05, 4.69) is 11.9 Å². The lowest BCUT2D eigenvalue weighted by Gasteiger charge is -2.59. The van der Waals surface area contributed by atoms with E-state index in [4.69, 9.17) is 4.42 Å². The smallest absolute Gasteiger partial charge is 0.308 e. The molecule has 32 heavy (non-hydrogen) atoms. The lowest BCUT2D eigenvalue weighted by atomic mass is 9.58. The minimum atomic E-state index is -0.732. The van der Waals surface area contributed by atoms with Gasteiger partial charge in [-0.1, -0.05) is 19.1 Å². The first-order chi connectivity index (χ1) is 15.5. The van der Waals surface area contributed by atoms with Crippen LogP contribution in [0.15, 0.2) is 47.2 Å². The van der Waals surface area contributed by atoms with Gasteiger partial charge < -0.3 is 19.4 Å². The average Bonchev–Trinajstić information content (AvgIpc) is 3.43. The number of aromatic amines is 1. The van der Waals surface area contributed by atoms with Crippen LogP contribution in [0.3, 0.4) is 0 Å². The number of fused-ring (bicyclic) bond motifs is 1. The van der Waals surface area contributed by atoms with Crippen LogP contribution in [-0.2, 0) is 9.59 Å². The van der Waals surface area contributed by atoms with Crippen molar-refractivity contribution in [2.75, 3.05) is 0 Å². The van der Waals surface area contributed by atoms with E-state index in [0.717, 1.165) is 53.5 Å². The molecule has 4 heterocycles. The molecule has 1 amide bonds. The fourth-order valence-corrected chi connectivity index (χ4v) is 6.99. The van der Waals surface area contributed by atoms with E-state index in [1.54, 1.807) is 6.26 Å². The maximum absolute atomic E-state index is 13.6. The molecular formula is C26H28N2O4. The number of aliphatic carboxylic acids is 1. The highest BCUT2D eigenvalue weighted by Crippen LogP contribution is 2.52. The first-order valence-corrected chi connectivity index (χ1v) is 11.7. The van der Waals surface area contributed by atoms with Crippen molar-refractivity contribution in [3.8, 4) is 11.3 Å². The third-order valence-electron chi connectivity index (χ3n) is 8.17. The van der Waals surface area contributed by atoms with Gasteiger partial charge in [-0.3, -0.25) is 9.59 Å². The van der Waals surface area contributed by atoms with Crippen molar-refractivity contribution in [1.82, 2.24) is 9.88 Å². The van der Waals surface area contributed by atoms with Gasteiger partial charge in [0.2, 0.25) is 5.91 Å². The van der Waals surface area contributed by atoms with Gasteiger partial charge in [0.1, 0.15) is 5.76 Å². The Hall–Kier alpha value is -3.02. The third kappa shape index (κ3) is 2.92. The zero-order valence-corrected chi connectivity index (χ0v) is 18.2. The first kappa shape index (κ1) is 19.6. The molecule has 3 aromatic rings. The van der Waals surface area contributed by atoms with Gasteiger partial charge in [0.15, 0.2) is 0 Å². The largest absolute Gasteiger partial charge is 0.481 e. The Balaban J connectivity index is 1.29.